The van der Waals surface area contributed by atoms with Gasteiger partial charge in [0, 0.05) is 48.1 Å². The van der Waals surface area contributed by atoms with Crippen LogP contribution in [0.4, 0.5) is 11.4 Å². The van der Waals surface area contributed by atoms with E-state index in [-0.39, 0.29) is 11.7 Å². The van der Waals surface area contributed by atoms with Crippen molar-refractivity contribution in [3.63, 3.8) is 0 Å². The lowest BCUT2D eigenvalue weighted by molar-refractivity contribution is -0.113. The molecule has 2 aromatic carbocycles. The summed E-state index contributed by atoms with van der Waals surface area (Å²) in [7, 11) is 2.15. The second-order valence-electron chi connectivity index (χ2n) is 7.51. The first kappa shape index (κ1) is 21.7. The standard InChI is InChI=1S/C22H24ClN5O2S/c1-15-13-18(7-8-19(15)28-11-9-27(2)10-12-28)24-20(29)14-31-22-26-25-21(30-22)16-3-5-17(23)6-4-16/h3-8,13H,9-12,14H2,1-2H3,(H,24,29). The number of piperazine rings is 1. The van der Waals surface area contributed by atoms with Crippen molar-refractivity contribution < 1.29 is 9.21 Å². The van der Waals surface area contributed by atoms with Gasteiger partial charge in [-0.3, -0.25) is 4.79 Å². The van der Waals surface area contributed by atoms with Crippen molar-refractivity contribution in [2.24, 2.45) is 0 Å². The van der Waals surface area contributed by atoms with Crippen LogP contribution in [-0.2, 0) is 4.79 Å². The number of rotatable bonds is 6. The number of amides is 1. The first-order valence-corrected chi connectivity index (χ1v) is 11.4. The summed E-state index contributed by atoms with van der Waals surface area (Å²) in [5, 5.41) is 12.0. The molecule has 0 atom stereocenters. The van der Waals surface area contributed by atoms with E-state index in [4.69, 9.17) is 16.0 Å². The summed E-state index contributed by atoms with van der Waals surface area (Å²) in [4.78, 5) is 17.1. The molecule has 1 aromatic heterocycles. The largest absolute Gasteiger partial charge is 0.411 e. The Morgan fingerprint density at radius 1 is 1.13 bits per heavy atom. The van der Waals surface area contributed by atoms with E-state index >= 15 is 0 Å². The Balaban J connectivity index is 1.31. The van der Waals surface area contributed by atoms with Crippen molar-refractivity contribution in [1.82, 2.24) is 15.1 Å². The Hall–Kier alpha value is -2.55. The van der Waals surface area contributed by atoms with Crippen LogP contribution < -0.4 is 10.2 Å². The van der Waals surface area contributed by atoms with Crippen LogP contribution in [0.5, 0.6) is 0 Å². The molecule has 1 amide bonds. The van der Waals surface area contributed by atoms with Crippen molar-refractivity contribution in [3.05, 3.63) is 53.1 Å². The molecule has 1 N–H and O–H groups in total. The van der Waals surface area contributed by atoms with Gasteiger partial charge in [0.25, 0.3) is 5.22 Å². The van der Waals surface area contributed by atoms with Gasteiger partial charge in [0.2, 0.25) is 11.8 Å². The van der Waals surface area contributed by atoms with Crippen LogP contribution in [0.2, 0.25) is 5.02 Å². The number of aryl methyl sites for hydroxylation is 1. The predicted molar refractivity (Wildman–Crippen MR) is 125 cm³/mol. The molecule has 0 spiro atoms. The summed E-state index contributed by atoms with van der Waals surface area (Å²) in [5.74, 6) is 0.458. The highest BCUT2D eigenvalue weighted by molar-refractivity contribution is 7.99. The number of aromatic nitrogens is 2. The number of benzene rings is 2. The maximum Gasteiger partial charge on any atom is 0.277 e. The van der Waals surface area contributed by atoms with Gasteiger partial charge in [0.1, 0.15) is 0 Å². The van der Waals surface area contributed by atoms with Crippen molar-refractivity contribution in [1.29, 1.82) is 0 Å². The fourth-order valence-electron chi connectivity index (χ4n) is 3.44. The molecule has 0 radical (unpaired) electrons. The number of hydrogen-bond donors (Lipinski definition) is 1. The van der Waals surface area contributed by atoms with Gasteiger partial charge in [-0.25, -0.2) is 0 Å². The van der Waals surface area contributed by atoms with Gasteiger partial charge in [-0.2, -0.15) is 0 Å². The first-order valence-electron chi connectivity index (χ1n) is 10.0. The minimum absolute atomic E-state index is 0.122. The molecule has 0 saturated carbocycles. The summed E-state index contributed by atoms with van der Waals surface area (Å²) >= 11 is 7.10. The molecular formula is C22H24ClN5O2S. The molecule has 9 heteroatoms. The van der Waals surface area contributed by atoms with Gasteiger partial charge < -0.3 is 19.5 Å². The molecule has 1 saturated heterocycles. The van der Waals surface area contributed by atoms with Crippen LogP contribution in [0.3, 0.4) is 0 Å². The zero-order valence-corrected chi connectivity index (χ0v) is 19.0. The van der Waals surface area contributed by atoms with Gasteiger partial charge in [-0.15, -0.1) is 10.2 Å². The molecule has 0 unspecified atom stereocenters. The molecule has 7 nitrogen and oxygen atoms in total. The van der Waals surface area contributed by atoms with E-state index in [1.165, 1.54) is 17.4 Å². The van der Waals surface area contributed by atoms with Crippen LogP contribution in [0.15, 0.2) is 52.1 Å². The molecule has 1 aliphatic heterocycles. The molecule has 3 aromatic rings. The second kappa shape index (κ2) is 9.72. The Kier molecular flexibility index (Phi) is 6.80. The number of halogens is 1. The molecule has 2 heterocycles. The van der Waals surface area contributed by atoms with Crippen molar-refractivity contribution >= 4 is 40.6 Å². The topological polar surface area (TPSA) is 74.5 Å². The van der Waals surface area contributed by atoms with Crippen molar-refractivity contribution in [3.8, 4) is 11.5 Å². The Bertz CT molecular complexity index is 1050. The zero-order valence-electron chi connectivity index (χ0n) is 17.5. The summed E-state index contributed by atoms with van der Waals surface area (Å²) in [6, 6.07) is 13.2. The summed E-state index contributed by atoms with van der Waals surface area (Å²) < 4.78 is 5.63. The van der Waals surface area contributed by atoms with E-state index in [0.29, 0.717) is 16.1 Å². The van der Waals surface area contributed by atoms with E-state index in [1.54, 1.807) is 12.1 Å². The maximum atomic E-state index is 12.4. The minimum atomic E-state index is -0.122. The summed E-state index contributed by atoms with van der Waals surface area (Å²) in [6.45, 7) is 6.23. The lowest BCUT2D eigenvalue weighted by Gasteiger charge is -2.35. The highest BCUT2D eigenvalue weighted by Crippen LogP contribution is 2.26. The summed E-state index contributed by atoms with van der Waals surface area (Å²) in [5.41, 5.74) is 3.94. The van der Waals surface area contributed by atoms with E-state index in [2.05, 4.69) is 45.4 Å². The average Bonchev–Trinajstić information content (AvgIpc) is 3.23. The fraction of sp³-hybridized carbons (Fsp3) is 0.318. The number of anilines is 2. The molecule has 31 heavy (non-hydrogen) atoms. The van der Waals surface area contributed by atoms with Crippen LogP contribution in [0, 0.1) is 6.92 Å². The highest BCUT2D eigenvalue weighted by atomic mass is 35.5. The van der Waals surface area contributed by atoms with Crippen LogP contribution >= 0.6 is 23.4 Å². The molecular weight excluding hydrogens is 434 g/mol. The van der Waals surface area contributed by atoms with E-state index in [0.717, 1.165) is 43.0 Å². The van der Waals surface area contributed by atoms with Gasteiger partial charge in [0.05, 0.1) is 5.75 Å². The number of carbonyl (C=O) groups is 1. The van der Waals surface area contributed by atoms with Crippen molar-refractivity contribution in [2.45, 2.75) is 12.1 Å². The quantitative estimate of drug-likeness (QED) is 0.556. The smallest absolute Gasteiger partial charge is 0.277 e. The van der Waals surface area contributed by atoms with Crippen LogP contribution in [0.25, 0.3) is 11.5 Å². The molecule has 1 fully saturated rings. The molecule has 162 valence electrons. The lowest BCUT2D eigenvalue weighted by atomic mass is 10.1. The number of thioether (sulfide) groups is 1. The van der Waals surface area contributed by atoms with Gasteiger partial charge in [-0.1, -0.05) is 23.4 Å². The number of hydrogen-bond acceptors (Lipinski definition) is 7. The highest BCUT2D eigenvalue weighted by Gasteiger charge is 2.16. The van der Waals surface area contributed by atoms with Gasteiger partial charge >= 0.3 is 0 Å². The first-order chi connectivity index (χ1) is 15.0. The maximum absolute atomic E-state index is 12.4. The van der Waals surface area contributed by atoms with Gasteiger partial charge in [0.15, 0.2) is 0 Å². The fourth-order valence-corrected chi connectivity index (χ4v) is 4.13. The Morgan fingerprint density at radius 2 is 1.87 bits per heavy atom. The second-order valence-corrected chi connectivity index (χ2v) is 8.87. The van der Waals surface area contributed by atoms with E-state index in [9.17, 15) is 4.79 Å². The lowest BCUT2D eigenvalue weighted by Crippen LogP contribution is -2.44. The third-order valence-corrected chi connectivity index (χ3v) is 6.22. The van der Waals surface area contributed by atoms with Crippen LogP contribution in [0.1, 0.15) is 5.56 Å². The van der Waals surface area contributed by atoms with Crippen LogP contribution in [-0.4, -0.2) is 60.0 Å². The molecule has 0 bridgehead atoms. The molecule has 4 rings (SSSR count). The van der Waals surface area contributed by atoms with Gasteiger partial charge in [-0.05, 0) is 62.0 Å². The third kappa shape index (κ3) is 5.58. The number of carbonyl (C=O) groups excluding carboxylic acids is 1. The van der Waals surface area contributed by atoms with Crippen molar-refractivity contribution in [2.75, 3.05) is 49.2 Å². The molecule has 1 aliphatic rings. The summed E-state index contributed by atoms with van der Waals surface area (Å²) in [6.07, 6.45) is 0. The number of likely N-dealkylation sites (N-methyl/N-ethyl adjacent to an activating group) is 1. The number of nitrogens with one attached hydrogen (secondary N) is 1. The average molecular weight is 458 g/mol. The normalized spacial score (nSPS) is 14.6. The monoisotopic (exact) mass is 457 g/mol. The minimum Gasteiger partial charge on any atom is -0.411 e. The zero-order chi connectivity index (χ0) is 21.8. The van der Waals surface area contributed by atoms with E-state index < -0.39 is 0 Å². The number of nitrogens with zero attached hydrogens (tertiary/aromatic N) is 4. The third-order valence-electron chi connectivity index (χ3n) is 5.15. The SMILES string of the molecule is Cc1cc(NC(=O)CSc2nnc(-c3ccc(Cl)cc3)o2)ccc1N1CCN(C)CC1. The molecule has 0 aliphatic carbocycles. The predicted octanol–water partition coefficient (Wildman–Crippen LogP) is 4.18. The Morgan fingerprint density at radius 3 is 2.58 bits per heavy atom. The Labute approximate surface area is 190 Å². The van der Waals surface area contributed by atoms with E-state index in [1.807, 2.05) is 24.3 Å².